The van der Waals surface area contributed by atoms with Gasteiger partial charge in [0.1, 0.15) is 6.61 Å². The van der Waals surface area contributed by atoms with Gasteiger partial charge in [-0.3, -0.25) is 4.79 Å². The molecule has 8 heteroatoms. The summed E-state index contributed by atoms with van der Waals surface area (Å²) < 4.78 is 10.8. The summed E-state index contributed by atoms with van der Waals surface area (Å²) in [6.45, 7) is 0.939. The Labute approximate surface area is 197 Å². The van der Waals surface area contributed by atoms with Crippen molar-refractivity contribution < 1.29 is 29.0 Å². The van der Waals surface area contributed by atoms with Gasteiger partial charge in [-0.1, -0.05) is 48.5 Å². The summed E-state index contributed by atoms with van der Waals surface area (Å²) in [6, 6.07) is 16.3. The highest BCUT2D eigenvalue weighted by molar-refractivity contribution is 5.81. The van der Waals surface area contributed by atoms with Crippen molar-refractivity contribution in [1.29, 1.82) is 0 Å². The zero-order chi connectivity index (χ0) is 23.7. The topological polar surface area (TPSA) is 114 Å². The van der Waals surface area contributed by atoms with E-state index in [9.17, 15) is 14.4 Å². The van der Waals surface area contributed by atoms with E-state index in [0.29, 0.717) is 25.9 Å². The van der Waals surface area contributed by atoms with Gasteiger partial charge in [0.15, 0.2) is 6.10 Å². The number of fused-ring (bicyclic) bond motifs is 3. The van der Waals surface area contributed by atoms with E-state index in [0.717, 1.165) is 11.1 Å². The van der Waals surface area contributed by atoms with Crippen molar-refractivity contribution in [3.8, 4) is 11.1 Å². The van der Waals surface area contributed by atoms with Gasteiger partial charge in [0.05, 0.1) is 0 Å². The number of nitrogens with one attached hydrogen (secondary N) is 2. The Morgan fingerprint density at radius 3 is 2.29 bits per heavy atom. The second kappa shape index (κ2) is 9.46. The maximum atomic E-state index is 12.4. The Morgan fingerprint density at radius 2 is 1.65 bits per heavy atom. The molecule has 178 valence electrons. The lowest BCUT2D eigenvalue weighted by Gasteiger charge is -2.34. The largest absolute Gasteiger partial charge is 0.479 e. The third kappa shape index (κ3) is 4.37. The van der Waals surface area contributed by atoms with Crippen molar-refractivity contribution in [2.45, 2.75) is 37.3 Å². The number of amides is 2. The van der Waals surface area contributed by atoms with E-state index in [-0.39, 0.29) is 42.9 Å². The lowest BCUT2D eigenvalue weighted by Crippen LogP contribution is -2.50. The molecule has 0 bridgehead atoms. The maximum absolute atomic E-state index is 12.4. The van der Waals surface area contributed by atoms with Gasteiger partial charge < -0.3 is 25.2 Å². The molecule has 0 aromatic heterocycles. The second-order valence-electron chi connectivity index (χ2n) is 9.26. The summed E-state index contributed by atoms with van der Waals surface area (Å²) in [6.07, 6.45) is 0.371. The molecule has 2 aromatic rings. The van der Waals surface area contributed by atoms with Gasteiger partial charge in [-0.2, -0.15) is 0 Å². The number of rotatable bonds is 7. The van der Waals surface area contributed by atoms with Crippen molar-refractivity contribution in [2.24, 2.45) is 11.8 Å². The molecule has 0 spiro atoms. The zero-order valence-corrected chi connectivity index (χ0v) is 18.7. The molecule has 1 saturated heterocycles. The second-order valence-corrected chi connectivity index (χ2v) is 9.26. The predicted molar refractivity (Wildman–Crippen MR) is 123 cm³/mol. The number of aliphatic carboxylic acids is 1. The van der Waals surface area contributed by atoms with Gasteiger partial charge in [-0.05, 0) is 41.5 Å². The molecule has 34 heavy (non-hydrogen) atoms. The highest BCUT2D eigenvalue weighted by atomic mass is 16.5. The van der Waals surface area contributed by atoms with Crippen molar-refractivity contribution >= 4 is 18.0 Å². The molecule has 2 atom stereocenters. The van der Waals surface area contributed by atoms with Crippen LogP contribution < -0.4 is 10.6 Å². The molecular weight excluding hydrogens is 436 g/mol. The molecule has 3 N–H and O–H groups in total. The summed E-state index contributed by atoms with van der Waals surface area (Å²) >= 11 is 0. The van der Waals surface area contributed by atoms with E-state index in [1.165, 1.54) is 11.1 Å². The summed E-state index contributed by atoms with van der Waals surface area (Å²) in [5.41, 5.74) is 4.68. The molecule has 2 aromatic carbocycles. The van der Waals surface area contributed by atoms with Crippen LogP contribution in [0.1, 0.15) is 36.3 Å². The molecule has 5 rings (SSSR count). The first-order chi connectivity index (χ1) is 16.5. The van der Waals surface area contributed by atoms with E-state index in [4.69, 9.17) is 14.6 Å². The van der Waals surface area contributed by atoms with E-state index in [1.807, 2.05) is 24.3 Å². The molecule has 2 unspecified atom stereocenters. The van der Waals surface area contributed by atoms with Crippen LogP contribution in [0.2, 0.25) is 0 Å². The first-order valence-electron chi connectivity index (χ1n) is 11.7. The van der Waals surface area contributed by atoms with Crippen LogP contribution in [0.25, 0.3) is 11.1 Å². The Bertz CT molecular complexity index is 1050. The minimum atomic E-state index is -0.993. The van der Waals surface area contributed by atoms with Crippen molar-refractivity contribution in [1.82, 2.24) is 10.6 Å². The van der Waals surface area contributed by atoms with Crippen LogP contribution in [-0.4, -0.2) is 55.0 Å². The molecule has 1 saturated carbocycles. The normalized spacial score (nSPS) is 25.1. The molecule has 2 aliphatic carbocycles. The number of hydrogen-bond acceptors (Lipinski definition) is 5. The van der Waals surface area contributed by atoms with Gasteiger partial charge in [-0.15, -0.1) is 0 Å². The average Bonchev–Trinajstić information content (AvgIpc) is 3.41. The Balaban J connectivity index is 1.06. The number of carboxylic acids is 1. The lowest BCUT2D eigenvalue weighted by molar-refractivity contribution is -0.149. The molecule has 1 heterocycles. The van der Waals surface area contributed by atoms with E-state index < -0.39 is 18.2 Å². The van der Waals surface area contributed by atoms with Crippen molar-refractivity contribution in [3.63, 3.8) is 0 Å². The molecular formula is C26H28N2O6. The Kier molecular flexibility index (Phi) is 6.24. The predicted octanol–water partition coefficient (Wildman–Crippen LogP) is 2.91. The minimum absolute atomic E-state index is 0.00672. The smallest absolute Gasteiger partial charge is 0.407 e. The standard InChI is InChI=1S/C26H28N2O6/c29-24(27-13-15-9-10-33-23(15)25(30)31)16-11-17(12-16)28-26(32)34-14-22-20-7-3-1-5-18(20)19-6-2-4-8-21(19)22/h1-8,15-17,22-23H,9-14H2,(H,27,29)(H,28,32)(H,30,31). The number of ether oxygens (including phenoxy) is 2. The molecule has 2 fully saturated rings. The van der Waals surface area contributed by atoms with E-state index in [2.05, 4.69) is 34.9 Å². The fourth-order valence-corrected chi connectivity index (χ4v) is 5.25. The number of benzene rings is 2. The van der Waals surface area contributed by atoms with Crippen LogP contribution in [0, 0.1) is 11.8 Å². The third-order valence-corrected chi connectivity index (χ3v) is 7.17. The van der Waals surface area contributed by atoms with Crippen LogP contribution >= 0.6 is 0 Å². The Morgan fingerprint density at radius 1 is 1.00 bits per heavy atom. The number of carbonyl (C=O) groups is 3. The van der Waals surface area contributed by atoms with Crippen molar-refractivity contribution in [2.75, 3.05) is 19.8 Å². The third-order valence-electron chi connectivity index (χ3n) is 7.17. The fraction of sp³-hybridized carbons (Fsp3) is 0.423. The fourth-order valence-electron chi connectivity index (χ4n) is 5.25. The van der Waals surface area contributed by atoms with Gasteiger partial charge in [-0.25, -0.2) is 9.59 Å². The minimum Gasteiger partial charge on any atom is -0.479 e. The average molecular weight is 465 g/mol. The quantitative estimate of drug-likeness (QED) is 0.581. The SMILES string of the molecule is O=C(NC1CC(C(=O)NCC2CCOC2C(=O)O)C1)OCC1c2ccccc2-c2ccccc21. The molecule has 0 radical (unpaired) electrons. The van der Waals surface area contributed by atoms with Crippen LogP contribution in [0.4, 0.5) is 4.79 Å². The lowest BCUT2D eigenvalue weighted by atomic mass is 9.79. The van der Waals surface area contributed by atoms with Gasteiger partial charge in [0.2, 0.25) is 5.91 Å². The first kappa shape index (κ1) is 22.4. The monoisotopic (exact) mass is 464 g/mol. The highest BCUT2D eigenvalue weighted by Gasteiger charge is 2.38. The van der Waals surface area contributed by atoms with Crippen LogP contribution in [0.5, 0.6) is 0 Å². The van der Waals surface area contributed by atoms with Crippen molar-refractivity contribution in [3.05, 3.63) is 59.7 Å². The highest BCUT2D eigenvalue weighted by Crippen LogP contribution is 2.44. The summed E-state index contributed by atoms with van der Waals surface area (Å²) in [4.78, 5) is 36.0. The maximum Gasteiger partial charge on any atom is 0.407 e. The molecule has 3 aliphatic rings. The van der Waals surface area contributed by atoms with Gasteiger partial charge in [0.25, 0.3) is 0 Å². The zero-order valence-electron chi connectivity index (χ0n) is 18.7. The summed E-state index contributed by atoms with van der Waals surface area (Å²) in [7, 11) is 0. The number of alkyl carbamates (subject to hydrolysis) is 1. The van der Waals surface area contributed by atoms with Gasteiger partial charge in [0, 0.05) is 36.9 Å². The van der Waals surface area contributed by atoms with E-state index in [1.54, 1.807) is 0 Å². The van der Waals surface area contributed by atoms with Crippen LogP contribution in [-0.2, 0) is 19.1 Å². The molecule has 8 nitrogen and oxygen atoms in total. The van der Waals surface area contributed by atoms with Gasteiger partial charge >= 0.3 is 12.1 Å². The number of hydrogen-bond donors (Lipinski definition) is 3. The molecule has 1 aliphatic heterocycles. The van der Waals surface area contributed by atoms with E-state index >= 15 is 0 Å². The Hall–Kier alpha value is -3.39. The van der Waals surface area contributed by atoms with Crippen LogP contribution in [0.3, 0.4) is 0 Å². The summed E-state index contributed by atoms with van der Waals surface area (Å²) in [5.74, 6) is -1.50. The number of carbonyl (C=O) groups excluding carboxylic acids is 2. The number of carboxylic acid groups (broad SMARTS) is 1. The molecule has 2 amide bonds. The van der Waals surface area contributed by atoms with Crippen LogP contribution in [0.15, 0.2) is 48.5 Å². The first-order valence-corrected chi connectivity index (χ1v) is 11.7. The summed E-state index contributed by atoms with van der Waals surface area (Å²) in [5, 5.41) is 14.8.